The van der Waals surface area contributed by atoms with Crippen LogP contribution < -0.4 is 0 Å². The molecule has 0 saturated heterocycles. The van der Waals surface area contributed by atoms with E-state index in [1.54, 1.807) is 0 Å². The van der Waals surface area contributed by atoms with Gasteiger partial charge in [-0.15, -0.1) is 0 Å². The average Bonchev–Trinajstić information content (AvgIpc) is 3.31. The molecule has 58 heavy (non-hydrogen) atoms. The predicted octanol–water partition coefficient (Wildman–Crippen LogP) is 13.9. The van der Waals surface area contributed by atoms with Crippen molar-refractivity contribution in [2.75, 3.05) is 0 Å². The molecule has 270 valence electrons. The Balaban J connectivity index is 1.14. The third-order valence-electron chi connectivity index (χ3n) is 11.1. The molecule has 0 N–H and O–H groups in total. The van der Waals surface area contributed by atoms with Crippen LogP contribution in [0.2, 0.25) is 0 Å². The van der Waals surface area contributed by atoms with Crippen molar-refractivity contribution in [2.45, 2.75) is 0 Å². The molecule has 11 aromatic rings. The van der Waals surface area contributed by atoms with E-state index in [0.717, 1.165) is 60.8 Å². The molecular formula is C54H34N4. The lowest BCUT2D eigenvalue weighted by Gasteiger charge is -2.15. The highest BCUT2D eigenvalue weighted by Crippen LogP contribution is 2.40. The summed E-state index contributed by atoms with van der Waals surface area (Å²) >= 11 is 0. The second-order valence-corrected chi connectivity index (χ2v) is 14.7. The summed E-state index contributed by atoms with van der Waals surface area (Å²) in [7, 11) is 0. The molecule has 0 amide bonds. The molecule has 4 heteroatoms. The van der Waals surface area contributed by atoms with Crippen molar-refractivity contribution in [1.82, 2.24) is 19.9 Å². The summed E-state index contributed by atoms with van der Waals surface area (Å²) in [5, 5.41) is 9.78. The number of fused-ring (bicyclic) bond motifs is 7. The SMILES string of the molecule is c1ccc(-c2nc(-c3ccccc3)nc(-c3cc(-c4cccc(-c5ccc6cnccc6c5)c4)cc(-c4ccc5c6ccccc6c6ccccc6c5c4)c3)n2)cc1. The molecular weight excluding hydrogens is 705 g/mol. The first kappa shape index (κ1) is 33.5. The van der Waals surface area contributed by atoms with Gasteiger partial charge in [0, 0.05) is 34.5 Å². The molecule has 2 heterocycles. The quantitative estimate of drug-likeness (QED) is 0.159. The molecule has 0 aliphatic heterocycles. The number of nitrogens with zero attached hydrogens (tertiary/aromatic N) is 4. The first-order valence-corrected chi connectivity index (χ1v) is 19.5. The zero-order valence-electron chi connectivity index (χ0n) is 31.4. The van der Waals surface area contributed by atoms with Gasteiger partial charge in [-0.05, 0) is 114 Å². The van der Waals surface area contributed by atoms with E-state index in [2.05, 4.69) is 138 Å². The van der Waals surface area contributed by atoms with Gasteiger partial charge < -0.3 is 0 Å². The van der Waals surface area contributed by atoms with Crippen LogP contribution in [0.3, 0.4) is 0 Å². The van der Waals surface area contributed by atoms with E-state index in [0.29, 0.717) is 17.5 Å². The number of hydrogen-bond acceptors (Lipinski definition) is 4. The topological polar surface area (TPSA) is 51.6 Å². The van der Waals surface area contributed by atoms with Gasteiger partial charge >= 0.3 is 0 Å². The maximum atomic E-state index is 5.16. The van der Waals surface area contributed by atoms with Gasteiger partial charge in [0.2, 0.25) is 0 Å². The smallest absolute Gasteiger partial charge is 0.164 e. The molecule has 0 saturated carbocycles. The zero-order valence-corrected chi connectivity index (χ0v) is 31.4. The average molecular weight is 739 g/mol. The van der Waals surface area contributed by atoms with Crippen LogP contribution in [-0.4, -0.2) is 19.9 Å². The van der Waals surface area contributed by atoms with Gasteiger partial charge in [-0.3, -0.25) is 4.98 Å². The molecule has 0 aliphatic rings. The summed E-state index contributed by atoms with van der Waals surface area (Å²) in [5.74, 6) is 1.88. The third-order valence-corrected chi connectivity index (χ3v) is 11.1. The summed E-state index contributed by atoms with van der Waals surface area (Å²) in [6.45, 7) is 0. The fourth-order valence-corrected chi connectivity index (χ4v) is 8.26. The van der Waals surface area contributed by atoms with E-state index in [9.17, 15) is 0 Å². The molecule has 0 radical (unpaired) electrons. The lowest BCUT2D eigenvalue weighted by molar-refractivity contribution is 1.07. The first-order chi connectivity index (χ1) is 28.7. The lowest BCUT2D eigenvalue weighted by atomic mass is 9.90. The van der Waals surface area contributed by atoms with Crippen molar-refractivity contribution >= 4 is 43.1 Å². The van der Waals surface area contributed by atoms with Crippen LogP contribution in [0.1, 0.15) is 0 Å². The molecule has 0 aliphatic carbocycles. The number of pyridine rings is 1. The number of benzene rings is 9. The number of rotatable bonds is 6. The molecule has 0 spiro atoms. The standard InChI is InChI=1S/C54H34N4/c1-3-12-35(13-4-1)52-56-53(36-14-5-2-6-15-36)58-54(57-52)45-31-43(38-17-11-16-37(28-38)39-22-23-42-34-55-27-26-41(42)29-39)30-44(32-45)40-24-25-50-48-20-8-7-18-46(48)47-19-9-10-21-49(47)51(50)33-40/h1-34H. The van der Waals surface area contributed by atoms with Crippen molar-refractivity contribution in [3.8, 4) is 67.5 Å². The highest BCUT2D eigenvalue weighted by Gasteiger charge is 2.16. The predicted molar refractivity (Wildman–Crippen MR) is 240 cm³/mol. The molecule has 11 rings (SSSR count). The summed E-state index contributed by atoms with van der Waals surface area (Å²) < 4.78 is 0. The second kappa shape index (κ2) is 14.0. The normalized spacial score (nSPS) is 11.4. The Morgan fingerprint density at radius 3 is 1.29 bits per heavy atom. The van der Waals surface area contributed by atoms with Gasteiger partial charge in [-0.2, -0.15) is 0 Å². The number of hydrogen-bond donors (Lipinski definition) is 0. The molecule has 0 fully saturated rings. The van der Waals surface area contributed by atoms with Gasteiger partial charge in [0.25, 0.3) is 0 Å². The van der Waals surface area contributed by atoms with Crippen LogP contribution in [0.4, 0.5) is 0 Å². The minimum absolute atomic E-state index is 0.618. The maximum Gasteiger partial charge on any atom is 0.164 e. The van der Waals surface area contributed by atoms with Crippen LogP contribution in [-0.2, 0) is 0 Å². The van der Waals surface area contributed by atoms with Gasteiger partial charge in [0.15, 0.2) is 17.5 Å². The van der Waals surface area contributed by atoms with E-state index in [1.165, 1.54) is 32.3 Å². The highest BCUT2D eigenvalue weighted by molar-refractivity contribution is 6.25. The Kier molecular flexibility index (Phi) is 8.11. The van der Waals surface area contributed by atoms with Crippen LogP contribution in [0.25, 0.3) is 111 Å². The van der Waals surface area contributed by atoms with Gasteiger partial charge in [0.05, 0.1) is 0 Å². The van der Waals surface area contributed by atoms with Crippen molar-refractivity contribution in [1.29, 1.82) is 0 Å². The zero-order chi connectivity index (χ0) is 38.4. The minimum Gasteiger partial charge on any atom is -0.264 e. The largest absolute Gasteiger partial charge is 0.264 e. The maximum absolute atomic E-state index is 5.16. The van der Waals surface area contributed by atoms with Crippen molar-refractivity contribution in [2.24, 2.45) is 0 Å². The van der Waals surface area contributed by atoms with E-state index in [4.69, 9.17) is 15.0 Å². The molecule has 0 bridgehead atoms. The summed E-state index contributed by atoms with van der Waals surface area (Å²) in [5.41, 5.74) is 9.47. The lowest BCUT2D eigenvalue weighted by Crippen LogP contribution is -2.00. The van der Waals surface area contributed by atoms with Gasteiger partial charge in [-0.25, -0.2) is 15.0 Å². The van der Waals surface area contributed by atoms with E-state index < -0.39 is 0 Å². The molecule has 9 aromatic carbocycles. The van der Waals surface area contributed by atoms with Gasteiger partial charge in [0.1, 0.15) is 0 Å². The fraction of sp³-hybridized carbons (Fsp3) is 0. The van der Waals surface area contributed by atoms with Gasteiger partial charge in [-0.1, -0.05) is 152 Å². The third kappa shape index (κ3) is 6.05. The van der Waals surface area contributed by atoms with Crippen LogP contribution in [0.15, 0.2) is 207 Å². The fourth-order valence-electron chi connectivity index (χ4n) is 8.26. The van der Waals surface area contributed by atoms with Crippen molar-refractivity contribution < 1.29 is 0 Å². The second-order valence-electron chi connectivity index (χ2n) is 14.7. The highest BCUT2D eigenvalue weighted by atomic mass is 15.0. The van der Waals surface area contributed by atoms with E-state index in [-0.39, 0.29) is 0 Å². The minimum atomic E-state index is 0.618. The Hall–Kier alpha value is -7.82. The Morgan fingerprint density at radius 2 is 0.672 bits per heavy atom. The summed E-state index contributed by atoms with van der Waals surface area (Å²) in [4.78, 5) is 19.6. The first-order valence-electron chi connectivity index (χ1n) is 19.5. The molecule has 0 atom stereocenters. The van der Waals surface area contributed by atoms with E-state index >= 15 is 0 Å². The van der Waals surface area contributed by atoms with Crippen LogP contribution in [0.5, 0.6) is 0 Å². The van der Waals surface area contributed by atoms with Crippen molar-refractivity contribution in [3.63, 3.8) is 0 Å². The molecule has 2 aromatic heterocycles. The molecule has 4 nitrogen and oxygen atoms in total. The van der Waals surface area contributed by atoms with Crippen molar-refractivity contribution in [3.05, 3.63) is 207 Å². The Labute approximate surface area is 335 Å². The van der Waals surface area contributed by atoms with Crippen LogP contribution >= 0.6 is 0 Å². The Bertz CT molecular complexity index is 3250. The molecule has 0 unspecified atom stereocenters. The Morgan fingerprint density at radius 1 is 0.241 bits per heavy atom. The number of aromatic nitrogens is 4. The summed E-state index contributed by atoms with van der Waals surface area (Å²) in [6.07, 6.45) is 3.76. The van der Waals surface area contributed by atoms with Crippen LogP contribution in [0, 0.1) is 0 Å². The monoisotopic (exact) mass is 738 g/mol. The van der Waals surface area contributed by atoms with E-state index in [1.807, 2.05) is 73.1 Å². The summed E-state index contributed by atoms with van der Waals surface area (Å²) in [6, 6.07) is 68.8.